The molecule has 4 nitrogen and oxygen atoms in total. The number of carbonyl (C=O) groups is 2. The predicted octanol–water partition coefficient (Wildman–Crippen LogP) is 2.09. The van der Waals surface area contributed by atoms with Crippen LogP contribution < -0.4 is 5.32 Å². The largest absolute Gasteiger partial charge is 0.480 e. The van der Waals surface area contributed by atoms with Crippen molar-refractivity contribution in [1.29, 1.82) is 0 Å². The zero-order valence-corrected chi connectivity index (χ0v) is 9.79. The first-order valence-electron chi connectivity index (χ1n) is 5.91. The van der Waals surface area contributed by atoms with Crippen molar-refractivity contribution < 1.29 is 27.9 Å². The number of carboxylic acid groups (broad SMARTS) is 1. The minimum Gasteiger partial charge on any atom is -0.480 e. The van der Waals surface area contributed by atoms with Gasteiger partial charge in [-0.25, -0.2) is 4.79 Å². The maximum absolute atomic E-state index is 12.0. The fraction of sp³-hybridized carbons (Fsp3) is 0.818. The van der Waals surface area contributed by atoms with Crippen molar-refractivity contribution in [2.24, 2.45) is 5.92 Å². The molecule has 1 fully saturated rings. The molecule has 1 atom stereocenters. The lowest BCUT2D eigenvalue weighted by Crippen LogP contribution is -2.47. The summed E-state index contributed by atoms with van der Waals surface area (Å²) in [5, 5.41) is 10.4. The number of halogens is 3. The highest BCUT2D eigenvalue weighted by Crippen LogP contribution is 2.27. The van der Waals surface area contributed by atoms with E-state index in [1.54, 1.807) is 5.32 Å². The zero-order chi connectivity index (χ0) is 13.8. The van der Waals surface area contributed by atoms with Gasteiger partial charge in [0.25, 0.3) is 0 Å². The number of rotatable bonds is 4. The molecule has 1 amide bonds. The van der Waals surface area contributed by atoms with E-state index in [0.29, 0.717) is 0 Å². The Hall–Kier alpha value is -1.27. The molecule has 1 aliphatic rings. The summed E-state index contributed by atoms with van der Waals surface area (Å²) in [7, 11) is 0. The second kappa shape index (κ2) is 6.06. The van der Waals surface area contributed by atoms with Crippen LogP contribution in [0, 0.1) is 5.92 Å². The normalized spacial score (nSPS) is 19.3. The molecule has 0 heterocycles. The van der Waals surface area contributed by atoms with E-state index in [0.717, 1.165) is 32.1 Å². The molecular weight excluding hydrogens is 251 g/mol. The second-order valence-corrected chi connectivity index (χ2v) is 4.60. The molecule has 0 aromatic carbocycles. The third kappa shape index (κ3) is 4.54. The van der Waals surface area contributed by atoms with Crippen LogP contribution in [0.1, 0.15) is 38.5 Å². The summed E-state index contributed by atoms with van der Waals surface area (Å²) in [6, 6.07) is -1.46. The van der Waals surface area contributed by atoms with E-state index < -0.39 is 24.1 Å². The Balaban J connectivity index is 2.54. The van der Waals surface area contributed by atoms with Gasteiger partial charge in [-0.2, -0.15) is 13.2 Å². The summed E-state index contributed by atoms with van der Waals surface area (Å²) in [4.78, 5) is 21.6. The number of nitrogens with one attached hydrogen (secondary N) is 1. The van der Waals surface area contributed by atoms with Crippen molar-refractivity contribution in [2.75, 3.05) is 0 Å². The van der Waals surface area contributed by atoms with Crippen molar-refractivity contribution in [2.45, 2.75) is 50.7 Å². The molecule has 104 valence electrons. The summed E-state index contributed by atoms with van der Waals surface area (Å²) in [5.41, 5.74) is 0. The SMILES string of the molecule is O=C(O)C(CC1CCCCC1)NC(=O)C(F)(F)F. The number of carbonyl (C=O) groups excluding carboxylic acids is 1. The van der Waals surface area contributed by atoms with E-state index in [-0.39, 0.29) is 12.3 Å². The van der Waals surface area contributed by atoms with Crippen LogP contribution in [-0.2, 0) is 9.59 Å². The standard InChI is InChI=1S/C11H16F3NO3/c12-11(13,14)10(18)15-8(9(16)17)6-7-4-2-1-3-5-7/h7-8H,1-6H2,(H,15,18)(H,16,17). The molecule has 0 aliphatic heterocycles. The molecule has 1 aliphatic carbocycles. The van der Waals surface area contributed by atoms with Crippen molar-refractivity contribution in [3.05, 3.63) is 0 Å². The Morgan fingerprint density at radius 2 is 1.78 bits per heavy atom. The minimum absolute atomic E-state index is 0.0666. The Morgan fingerprint density at radius 1 is 1.22 bits per heavy atom. The molecule has 0 radical (unpaired) electrons. The zero-order valence-electron chi connectivity index (χ0n) is 9.79. The van der Waals surface area contributed by atoms with Gasteiger partial charge < -0.3 is 10.4 Å². The van der Waals surface area contributed by atoms with Crippen LogP contribution >= 0.6 is 0 Å². The van der Waals surface area contributed by atoms with Crippen molar-refractivity contribution in [1.82, 2.24) is 5.32 Å². The van der Waals surface area contributed by atoms with Gasteiger partial charge in [-0.15, -0.1) is 0 Å². The van der Waals surface area contributed by atoms with Crippen LogP contribution in [0.2, 0.25) is 0 Å². The minimum atomic E-state index is -5.04. The van der Waals surface area contributed by atoms with Gasteiger partial charge in [0.2, 0.25) is 0 Å². The maximum Gasteiger partial charge on any atom is 0.471 e. The number of hydrogen-bond acceptors (Lipinski definition) is 2. The first-order valence-corrected chi connectivity index (χ1v) is 5.91. The van der Waals surface area contributed by atoms with Gasteiger partial charge in [-0.1, -0.05) is 32.1 Å². The van der Waals surface area contributed by atoms with E-state index in [4.69, 9.17) is 5.11 Å². The molecule has 0 bridgehead atoms. The van der Waals surface area contributed by atoms with Gasteiger partial charge in [0, 0.05) is 0 Å². The summed E-state index contributed by atoms with van der Waals surface area (Å²) in [6.07, 6.45) is -0.355. The van der Waals surface area contributed by atoms with Gasteiger partial charge >= 0.3 is 18.1 Å². The van der Waals surface area contributed by atoms with Crippen LogP contribution in [-0.4, -0.2) is 29.2 Å². The highest BCUT2D eigenvalue weighted by Gasteiger charge is 2.41. The summed E-state index contributed by atoms with van der Waals surface area (Å²) in [6.45, 7) is 0. The molecule has 0 aromatic rings. The third-order valence-electron chi connectivity index (χ3n) is 3.15. The first kappa shape index (κ1) is 14.8. The number of aliphatic carboxylic acids is 1. The smallest absolute Gasteiger partial charge is 0.471 e. The highest BCUT2D eigenvalue weighted by molar-refractivity contribution is 5.86. The predicted molar refractivity (Wildman–Crippen MR) is 56.8 cm³/mol. The number of alkyl halides is 3. The fourth-order valence-corrected chi connectivity index (χ4v) is 2.22. The van der Waals surface area contributed by atoms with Gasteiger partial charge in [-0.05, 0) is 12.3 Å². The van der Waals surface area contributed by atoms with E-state index in [1.807, 2.05) is 0 Å². The van der Waals surface area contributed by atoms with Gasteiger partial charge in [0.15, 0.2) is 0 Å². The molecule has 0 spiro atoms. The average molecular weight is 267 g/mol. The molecule has 1 saturated carbocycles. The van der Waals surface area contributed by atoms with Crippen LogP contribution in [0.15, 0.2) is 0 Å². The average Bonchev–Trinajstić information content (AvgIpc) is 2.28. The van der Waals surface area contributed by atoms with Crippen molar-refractivity contribution >= 4 is 11.9 Å². The molecule has 1 unspecified atom stereocenters. The summed E-state index contributed by atoms with van der Waals surface area (Å²) >= 11 is 0. The maximum atomic E-state index is 12.0. The van der Waals surface area contributed by atoms with E-state index >= 15 is 0 Å². The second-order valence-electron chi connectivity index (χ2n) is 4.60. The Bertz CT molecular complexity index is 311. The van der Waals surface area contributed by atoms with Crippen molar-refractivity contribution in [3.63, 3.8) is 0 Å². The first-order chi connectivity index (χ1) is 8.30. The van der Waals surface area contributed by atoms with Crippen LogP contribution in [0.4, 0.5) is 13.2 Å². The lowest BCUT2D eigenvalue weighted by molar-refractivity contribution is -0.175. The van der Waals surface area contributed by atoms with E-state index in [2.05, 4.69) is 0 Å². The Kier molecular flexibility index (Phi) is 4.98. The number of carboxylic acids is 1. The lowest BCUT2D eigenvalue weighted by Gasteiger charge is -2.25. The quantitative estimate of drug-likeness (QED) is 0.819. The van der Waals surface area contributed by atoms with E-state index in [1.165, 1.54) is 0 Å². The molecule has 2 N–H and O–H groups in total. The monoisotopic (exact) mass is 267 g/mol. The third-order valence-corrected chi connectivity index (χ3v) is 3.15. The van der Waals surface area contributed by atoms with Gasteiger partial charge in [0.05, 0.1) is 0 Å². The molecule has 0 saturated heterocycles. The van der Waals surface area contributed by atoms with Crippen LogP contribution in [0.25, 0.3) is 0 Å². The van der Waals surface area contributed by atoms with Gasteiger partial charge in [-0.3, -0.25) is 4.79 Å². The fourth-order valence-electron chi connectivity index (χ4n) is 2.22. The number of amides is 1. The summed E-state index contributed by atoms with van der Waals surface area (Å²) < 4.78 is 36.1. The van der Waals surface area contributed by atoms with Crippen LogP contribution in [0.3, 0.4) is 0 Å². The Morgan fingerprint density at radius 3 is 2.22 bits per heavy atom. The lowest BCUT2D eigenvalue weighted by atomic mass is 9.85. The molecule has 0 aromatic heterocycles. The number of hydrogen-bond donors (Lipinski definition) is 2. The van der Waals surface area contributed by atoms with E-state index in [9.17, 15) is 22.8 Å². The topological polar surface area (TPSA) is 66.4 Å². The molecule has 7 heteroatoms. The Labute approximate surface area is 103 Å². The highest BCUT2D eigenvalue weighted by atomic mass is 19.4. The molecular formula is C11H16F3NO3. The van der Waals surface area contributed by atoms with Crippen molar-refractivity contribution in [3.8, 4) is 0 Å². The molecule has 18 heavy (non-hydrogen) atoms. The summed E-state index contributed by atoms with van der Waals surface area (Å²) in [5.74, 6) is -3.53. The van der Waals surface area contributed by atoms with Gasteiger partial charge in [0.1, 0.15) is 6.04 Å². The van der Waals surface area contributed by atoms with Crippen LogP contribution in [0.5, 0.6) is 0 Å². The molecule has 1 rings (SSSR count).